The SMILES string of the molecule is C=C(C)C(=O)OCC.C=C(C)C(=O)OCCN(C)C.CCOC(=O)C(C)CC(C)(CSCCC(=O)OC)C(=O)OCCN(C)C.CCOC(=O)C(C)CC(C)(CSCCC(=O)OC)C(=O)OCC[N+](C)(C)C.CI.COC(=O)CCS.[I-]. The van der Waals surface area contributed by atoms with E-state index in [0.717, 1.165) is 6.54 Å². The first-order chi connectivity index (χ1) is 37.6. The molecule has 0 heterocycles. The molecule has 0 aliphatic rings. The zero-order chi connectivity index (χ0) is 64.4. The molecule has 0 aliphatic heterocycles. The molecule has 0 N–H and O–H groups in total. The van der Waals surface area contributed by atoms with Crippen molar-refractivity contribution in [3.05, 3.63) is 24.3 Å². The Labute approximate surface area is 537 Å². The summed E-state index contributed by atoms with van der Waals surface area (Å²) in [6.45, 7) is 26.7. The van der Waals surface area contributed by atoms with Gasteiger partial charge in [0.1, 0.15) is 26.4 Å². The number of quaternary nitrogens is 1. The molecule has 26 heteroatoms. The summed E-state index contributed by atoms with van der Waals surface area (Å²) in [6, 6.07) is 0. The van der Waals surface area contributed by atoms with Gasteiger partial charge in [-0.25, -0.2) is 9.59 Å². The maximum atomic E-state index is 12.8. The van der Waals surface area contributed by atoms with E-state index >= 15 is 0 Å². The summed E-state index contributed by atoms with van der Waals surface area (Å²) < 4.78 is 44.7. The minimum Gasteiger partial charge on any atom is -1.00 e. The molecule has 0 spiro atoms. The van der Waals surface area contributed by atoms with Gasteiger partial charge >= 0.3 is 53.7 Å². The van der Waals surface area contributed by atoms with Crippen LogP contribution in [-0.2, 0) is 85.8 Å². The molecule has 0 amide bonds. The first-order valence-electron chi connectivity index (χ1n) is 26.4. The molecule has 4 unspecified atom stereocenters. The number of nitrogens with zero attached hydrogens (tertiary/aromatic N) is 3. The van der Waals surface area contributed by atoms with Crippen LogP contribution < -0.4 is 24.0 Å². The molecule has 0 radical (unpaired) electrons. The highest BCUT2D eigenvalue weighted by molar-refractivity contribution is 14.1. The standard InChI is InChI=1S/C19H36NO6S.C18H33NO6S.C8H15NO2.C6H10O2.C4H8O2S.CH3I.HI/c1-8-25-17(22)15(2)13-19(3,14-27-12-9-16(21)24-7)18(23)26-11-10-20(4,5)6;1-7-24-16(21)14(2)12-18(3,13-26-11-8-15(20)23-6)17(22)25-10-9-19(4)5;1-7(2)8(10)11-6-5-9(3)4;1-4-8-6(7)5(2)3;1-6-4(5)2-3-7;1-2;/h15H,8-14H2,1-7H3;14H,7-13H2,1-6H3;1,5-6H2,2-4H3;2,4H2,1,3H3;7H,2-3H2,1H3;1H3;1H/q+1;;;;;;/p-1. The molecule has 0 aromatic heterocycles. The van der Waals surface area contributed by atoms with Gasteiger partial charge in [0.05, 0.1) is 104 Å². The maximum absolute atomic E-state index is 12.8. The molecule has 0 fully saturated rings. The van der Waals surface area contributed by atoms with E-state index in [-0.39, 0.29) is 90.5 Å². The Morgan fingerprint density at radius 3 is 1.15 bits per heavy atom. The summed E-state index contributed by atoms with van der Waals surface area (Å²) in [6.07, 6.45) is 1.62. The predicted molar refractivity (Wildman–Crippen MR) is 335 cm³/mol. The number of likely N-dealkylation sites (N-methyl/N-ethyl adjacent to an activating group) is 3. The quantitative estimate of drug-likeness (QED) is 0.0137. The number of thioether (sulfide) groups is 2. The largest absolute Gasteiger partial charge is 1.00 e. The van der Waals surface area contributed by atoms with Crippen molar-refractivity contribution in [3.8, 4) is 0 Å². The van der Waals surface area contributed by atoms with Crippen LogP contribution in [0.15, 0.2) is 24.3 Å². The van der Waals surface area contributed by atoms with Crippen LogP contribution in [0.5, 0.6) is 0 Å². The molecule has 0 bridgehead atoms. The highest BCUT2D eigenvalue weighted by Gasteiger charge is 2.40. The number of hydrogen-bond donors (Lipinski definition) is 1. The van der Waals surface area contributed by atoms with E-state index < -0.39 is 22.7 Å². The highest BCUT2D eigenvalue weighted by Crippen LogP contribution is 2.34. The lowest BCUT2D eigenvalue weighted by atomic mass is 9.83. The van der Waals surface area contributed by atoms with Crippen LogP contribution in [0.1, 0.15) is 94.4 Å². The van der Waals surface area contributed by atoms with Crippen molar-refractivity contribution >= 4 is 112 Å². The minimum absolute atomic E-state index is 0. The topological polar surface area (TPSA) is 243 Å². The summed E-state index contributed by atoms with van der Waals surface area (Å²) in [5, 5.41) is 0. The van der Waals surface area contributed by atoms with Gasteiger partial charge < -0.3 is 80.9 Å². The number of alkyl halides is 1. The van der Waals surface area contributed by atoms with Crippen molar-refractivity contribution in [1.29, 1.82) is 0 Å². The van der Waals surface area contributed by atoms with Crippen LogP contribution in [0.4, 0.5) is 0 Å². The number of methoxy groups -OCH3 is 3. The third-order valence-electron chi connectivity index (χ3n) is 10.1. The van der Waals surface area contributed by atoms with Gasteiger partial charge in [-0.05, 0) is 94.4 Å². The number of rotatable bonds is 34. The molecule has 0 saturated carbocycles. The number of carbonyl (C=O) groups excluding carboxylic acids is 9. The summed E-state index contributed by atoms with van der Waals surface area (Å²) in [5.74, 6) is -0.955. The second-order valence-electron chi connectivity index (χ2n) is 20.0. The van der Waals surface area contributed by atoms with Gasteiger partial charge in [0.15, 0.2) is 0 Å². The third kappa shape index (κ3) is 57.5. The Morgan fingerprint density at radius 1 is 0.561 bits per heavy atom. The predicted octanol–water partition coefficient (Wildman–Crippen LogP) is 4.44. The maximum Gasteiger partial charge on any atom is 0.333 e. The van der Waals surface area contributed by atoms with E-state index in [4.69, 9.17) is 23.7 Å². The molecule has 0 saturated heterocycles. The Hall–Kier alpha value is -2.90. The molecule has 0 aromatic rings. The van der Waals surface area contributed by atoms with E-state index in [9.17, 15) is 43.2 Å². The number of thiol groups is 1. The number of halogens is 2. The fraction of sp³-hybridized carbons (Fsp3) is 0.768. The Morgan fingerprint density at radius 2 is 0.878 bits per heavy atom. The Balaban J connectivity index is -0.000000187. The average Bonchev–Trinajstić information content (AvgIpc) is 3.39. The molecule has 4 atom stereocenters. The molecule has 0 rings (SSSR count). The van der Waals surface area contributed by atoms with E-state index in [2.05, 4.69) is 67.3 Å². The first kappa shape index (κ1) is 92.8. The van der Waals surface area contributed by atoms with Crippen molar-refractivity contribution in [2.45, 2.75) is 94.4 Å². The lowest BCUT2D eigenvalue weighted by Gasteiger charge is -2.30. The zero-order valence-corrected chi connectivity index (χ0v) is 60.1. The van der Waals surface area contributed by atoms with E-state index in [0.29, 0.717) is 116 Å². The molecule has 21 nitrogen and oxygen atoms in total. The van der Waals surface area contributed by atoms with Gasteiger partial charge in [-0.1, -0.05) is 49.6 Å². The van der Waals surface area contributed by atoms with E-state index in [1.54, 1.807) is 55.4 Å². The fourth-order valence-electron chi connectivity index (χ4n) is 5.57. The van der Waals surface area contributed by atoms with Gasteiger partial charge in [-0.3, -0.25) is 33.6 Å². The van der Waals surface area contributed by atoms with Crippen LogP contribution >= 0.6 is 58.7 Å². The van der Waals surface area contributed by atoms with Gasteiger partial charge in [-0.2, -0.15) is 36.2 Å². The summed E-state index contributed by atoms with van der Waals surface area (Å²) in [4.78, 5) is 109. The summed E-state index contributed by atoms with van der Waals surface area (Å²) in [7, 11) is 17.8. The van der Waals surface area contributed by atoms with Gasteiger partial charge in [0, 0.05) is 53.0 Å². The van der Waals surface area contributed by atoms with Crippen LogP contribution in [-0.4, -0.2) is 232 Å². The molecule has 82 heavy (non-hydrogen) atoms. The lowest BCUT2D eigenvalue weighted by molar-refractivity contribution is -0.870. The third-order valence-corrected chi connectivity index (χ3v) is 13.0. The smallest absolute Gasteiger partial charge is 0.333 e. The van der Waals surface area contributed by atoms with Crippen molar-refractivity contribution < 1.29 is 114 Å². The average molecular weight is 1460 g/mol. The van der Waals surface area contributed by atoms with Crippen molar-refractivity contribution in [3.63, 3.8) is 0 Å². The number of carbonyl (C=O) groups is 9. The number of ether oxygens (including phenoxy) is 9. The van der Waals surface area contributed by atoms with E-state index in [1.807, 2.05) is 71.0 Å². The van der Waals surface area contributed by atoms with Gasteiger partial charge in [-0.15, -0.1) is 0 Å². The lowest BCUT2D eigenvalue weighted by Crippen LogP contribution is -3.00. The van der Waals surface area contributed by atoms with Crippen LogP contribution in [0.2, 0.25) is 0 Å². The Bertz CT molecular complexity index is 1810. The second-order valence-corrected chi connectivity index (χ2v) is 22.6. The second kappa shape index (κ2) is 57.2. The molecular formula is C56H105I2N3O18S3. The van der Waals surface area contributed by atoms with Crippen molar-refractivity contribution in [1.82, 2.24) is 9.80 Å². The summed E-state index contributed by atoms with van der Waals surface area (Å²) >= 11 is 8.92. The minimum atomic E-state index is -0.835. The Kier molecular flexibility index (Phi) is 64.7. The van der Waals surface area contributed by atoms with E-state index in [1.165, 1.54) is 44.9 Å². The van der Waals surface area contributed by atoms with Crippen molar-refractivity contribution in [2.75, 3.05) is 164 Å². The molecule has 0 aromatic carbocycles. The summed E-state index contributed by atoms with van der Waals surface area (Å²) in [5.41, 5.74) is -0.771. The first-order valence-corrected chi connectivity index (χ1v) is 31.5. The van der Waals surface area contributed by atoms with Crippen molar-refractivity contribution in [2.24, 2.45) is 22.7 Å². The monoisotopic (exact) mass is 1460 g/mol. The number of esters is 9. The van der Waals surface area contributed by atoms with Gasteiger partial charge in [0.25, 0.3) is 0 Å². The number of hydrogen-bond acceptors (Lipinski definition) is 23. The van der Waals surface area contributed by atoms with Crippen LogP contribution in [0, 0.1) is 22.7 Å². The highest BCUT2D eigenvalue weighted by atomic mass is 127. The van der Waals surface area contributed by atoms with Crippen LogP contribution in [0.25, 0.3) is 0 Å². The molecular weight excluding hydrogens is 1350 g/mol. The fourth-order valence-corrected chi connectivity index (χ4v) is 8.04. The van der Waals surface area contributed by atoms with Crippen LogP contribution in [0.3, 0.4) is 0 Å². The zero-order valence-electron chi connectivity index (χ0n) is 53.2. The molecule has 0 aliphatic carbocycles. The van der Waals surface area contributed by atoms with Gasteiger partial charge in [0.2, 0.25) is 0 Å². The normalized spacial score (nSPS) is 12.3. The molecule has 484 valence electrons.